The first-order valence-electron chi connectivity index (χ1n) is 28.2. The number of hydrogen-bond acceptors (Lipinski definition) is 6. The molecule has 0 amide bonds. The molecule has 0 bridgehead atoms. The third-order valence-corrected chi connectivity index (χ3v) is 11.8. The molecule has 1 unspecified atom stereocenters. The molecule has 68 heavy (non-hydrogen) atoms. The van der Waals surface area contributed by atoms with E-state index in [1.165, 1.54) is 96.3 Å². The van der Waals surface area contributed by atoms with Crippen molar-refractivity contribution in [2.45, 2.75) is 264 Å². The highest BCUT2D eigenvalue weighted by atomic mass is 16.6. The van der Waals surface area contributed by atoms with Crippen LogP contribution in [-0.2, 0) is 28.6 Å². The number of esters is 3. The zero-order chi connectivity index (χ0) is 49.3. The van der Waals surface area contributed by atoms with E-state index in [-0.39, 0.29) is 31.1 Å². The molecule has 0 aliphatic rings. The minimum absolute atomic E-state index is 0.0818. The van der Waals surface area contributed by atoms with Crippen molar-refractivity contribution >= 4 is 17.9 Å². The average molecular weight is 946 g/mol. The van der Waals surface area contributed by atoms with Gasteiger partial charge in [-0.25, -0.2) is 0 Å². The van der Waals surface area contributed by atoms with Gasteiger partial charge in [0.15, 0.2) is 6.10 Å². The van der Waals surface area contributed by atoms with Crippen LogP contribution >= 0.6 is 0 Å². The summed E-state index contributed by atoms with van der Waals surface area (Å²) in [6.45, 7) is 6.43. The Hall–Kier alpha value is -3.67. The molecule has 0 aromatic carbocycles. The smallest absolute Gasteiger partial charge is 0.306 e. The highest BCUT2D eigenvalue weighted by Gasteiger charge is 2.19. The Bertz CT molecular complexity index is 1360. The van der Waals surface area contributed by atoms with Crippen LogP contribution in [0.15, 0.2) is 97.2 Å². The van der Waals surface area contributed by atoms with Gasteiger partial charge in [-0.15, -0.1) is 0 Å². The number of ether oxygens (including phenoxy) is 3. The predicted octanol–water partition coefficient (Wildman–Crippen LogP) is 18.9. The maximum Gasteiger partial charge on any atom is 0.306 e. The van der Waals surface area contributed by atoms with Crippen LogP contribution in [0.2, 0.25) is 0 Å². The summed E-state index contributed by atoms with van der Waals surface area (Å²) in [6, 6.07) is 0. The molecule has 388 valence electrons. The Labute approximate surface area is 419 Å². The maximum absolute atomic E-state index is 12.7. The Morgan fingerprint density at radius 1 is 0.309 bits per heavy atom. The number of rotatable bonds is 50. The van der Waals surface area contributed by atoms with Gasteiger partial charge in [-0.1, -0.05) is 234 Å². The third kappa shape index (κ3) is 53.3. The highest BCUT2D eigenvalue weighted by molar-refractivity contribution is 5.71. The second-order valence-electron chi connectivity index (χ2n) is 18.5. The standard InChI is InChI=1S/C62H104O6/c1-4-7-10-13-16-18-20-22-23-24-25-26-27-28-29-30-31-32-33-34-35-36-37-38-39-41-42-44-46-49-52-55-61(64)67-58-59(57-66-60(63)54-51-48-15-12-9-6-3)68-62(65)56-53-50-47-45-43-40-21-19-17-14-11-8-5-2/h7,10,16,18-19,21-23,25-26,28-29,31-32,34-35,59H,4-6,8-9,11-15,17,20,24,27,30,33,36-58H2,1-3H3/b10-7-,18-16-,21-19-,23-22-,26-25-,29-28-,32-31-,35-34-. The van der Waals surface area contributed by atoms with E-state index in [9.17, 15) is 14.4 Å². The summed E-state index contributed by atoms with van der Waals surface area (Å²) >= 11 is 0. The molecule has 6 heteroatoms. The summed E-state index contributed by atoms with van der Waals surface area (Å²) < 4.78 is 16.7. The first-order valence-corrected chi connectivity index (χ1v) is 28.2. The van der Waals surface area contributed by atoms with E-state index < -0.39 is 6.10 Å². The third-order valence-electron chi connectivity index (χ3n) is 11.8. The number of hydrogen-bond donors (Lipinski definition) is 0. The van der Waals surface area contributed by atoms with E-state index in [1.807, 2.05) is 0 Å². The Kier molecular flexibility index (Phi) is 52.9. The molecule has 0 heterocycles. The lowest BCUT2D eigenvalue weighted by atomic mass is 10.1. The quantitative estimate of drug-likeness (QED) is 0.0262. The van der Waals surface area contributed by atoms with Crippen molar-refractivity contribution in [2.75, 3.05) is 13.2 Å². The Morgan fingerprint density at radius 3 is 0.926 bits per heavy atom. The largest absolute Gasteiger partial charge is 0.462 e. The molecular formula is C62H104O6. The lowest BCUT2D eigenvalue weighted by Gasteiger charge is -2.18. The maximum atomic E-state index is 12.7. The van der Waals surface area contributed by atoms with Crippen molar-refractivity contribution in [1.82, 2.24) is 0 Å². The fourth-order valence-corrected chi connectivity index (χ4v) is 7.59. The van der Waals surface area contributed by atoms with E-state index in [2.05, 4.69) is 118 Å². The van der Waals surface area contributed by atoms with Gasteiger partial charge in [0.25, 0.3) is 0 Å². The lowest BCUT2D eigenvalue weighted by Crippen LogP contribution is -2.30. The summed E-state index contributed by atoms with van der Waals surface area (Å²) in [6.07, 6.45) is 74.3. The number of unbranched alkanes of at least 4 members (excludes halogenated alkanes) is 23. The highest BCUT2D eigenvalue weighted by Crippen LogP contribution is 2.14. The van der Waals surface area contributed by atoms with Crippen LogP contribution < -0.4 is 0 Å². The molecule has 0 radical (unpaired) electrons. The number of carbonyl (C=O) groups excluding carboxylic acids is 3. The summed E-state index contributed by atoms with van der Waals surface area (Å²) in [5, 5.41) is 0. The second-order valence-corrected chi connectivity index (χ2v) is 18.5. The lowest BCUT2D eigenvalue weighted by molar-refractivity contribution is -0.167. The van der Waals surface area contributed by atoms with Crippen molar-refractivity contribution in [3.63, 3.8) is 0 Å². The molecule has 0 spiro atoms. The van der Waals surface area contributed by atoms with Gasteiger partial charge in [-0.05, 0) is 103 Å². The molecule has 0 N–H and O–H groups in total. The van der Waals surface area contributed by atoms with Crippen LogP contribution in [0.25, 0.3) is 0 Å². The topological polar surface area (TPSA) is 78.9 Å². The minimum atomic E-state index is -0.780. The van der Waals surface area contributed by atoms with E-state index in [4.69, 9.17) is 14.2 Å². The predicted molar refractivity (Wildman–Crippen MR) is 293 cm³/mol. The van der Waals surface area contributed by atoms with Gasteiger partial charge in [0, 0.05) is 19.3 Å². The average Bonchev–Trinajstić information content (AvgIpc) is 3.34. The summed E-state index contributed by atoms with van der Waals surface area (Å²) in [7, 11) is 0. The van der Waals surface area contributed by atoms with Crippen molar-refractivity contribution in [2.24, 2.45) is 0 Å². The van der Waals surface area contributed by atoms with Crippen molar-refractivity contribution in [3.8, 4) is 0 Å². The van der Waals surface area contributed by atoms with Crippen LogP contribution in [0.1, 0.15) is 258 Å². The van der Waals surface area contributed by atoms with Crippen molar-refractivity contribution in [1.29, 1.82) is 0 Å². The SMILES string of the molecule is CC/C=C\C/C=C\C/C=C\C/C=C\C/C=C\C/C=C\C/C=C\CCCCCCCCCCCC(=O)OCC(COC(=O)CCCCCCCC)OC(=O)CCCCCCC/C=C\CCCCCC. The Balaban J connectivity index is 4.09. The zero-order valence-electron chi connectivity index (χ0n) is 44.3. The van der Waals surface area contributed by atoms with Gasteiger partial charge in [0.2, 0.25) is 0 Å². The molecule has 0 aliphatic heterocycles. The molecule has 1 atom stereocenters. The molecule has 0 rings (SSSR count). The molecule has 0 aromatic heterocycles. The van der Waals surface area contributed by atoms with E-state index in [0.29, 0.717) is 19.3 Å². The van der Waals surface area contributed by atoms with Gasteiger partial charge in [0.05, 0.1) is 0 Å². The normalized spacial score (nSPS) is 12.8. The molecular weight excluding hydrogens is 841 g/mol. The molecule has 0 saturated heterocycles. The zero-order valence-corrected chi connectivity index (χ0v) is 44.3. The van der Waals surface area contributed by atoms with Gasteiger partial charge in [-0.3, -0.25) is 14.4 Å². The van der Waals surface area contributed by atoms with E-state index in [0.717, 1.165) is 122 Å². The minimum Gasteiger partial charge on any atom is -0.462 e. The van der Waals surface area contributed by atoms with Gasteiger partial charge < -0.3 is 14.2 Å². The van der Waals surface area contributed by atoms with E-state index in [1.54, 1.807) is 0 Å². The fraction of sp³-hybridized carbons (Fsp3) is 0.694. The van der Waals surface area contributed by atoms with Gasteiger partial charge in [0.1, 0.15) is 13.2 Å². The number of allylic oxidation sites excluding steroid dienone is 16. The van der Waals surface area contributed by atoms with Gasteiger partial charge >= 0.3 is 17.9 Å². The molecule has 0 saturated carbocycles. The number of carbonyl (C=O) groups is 3. The van der Waals surface area contributed by atoms with E-state index >= 15 is 0 Å². The van der Waals surface area contributed by atoms with Crippen LogP contribution in [-0.4, -0.2) is 37.2 Å². The van der Waals surface area contributed by atoms with Crippen molar-refractivity contribution < 1.29 is 28.6 Å². The fourth-order valence-electron chi connectivity index (χ4n) is 7.59. The molecule has 0 aliphatic carbocycles. The van der Waals surface area contributed by atoms with Crippen LogP contribution in [0.5, 0.6) is 0 Å². The molecule has 0 fully saturated rings. The van der Waals surface area contributed by atoms with Crippen LogP contribution in [0.3, 0.4) is 0 Å². The first kappa shape index (κ1) is 64.3. The van der Waals surface area contributed by atoms with Crippen molar-refractivity contribution in [3.05, 3.63) is 97.2 Å². The van der Waals surface area contributed by atoms with Gasteiger partial charge in [-0.2, -0.15) is 0 Å². The second kappa shape index (κ2) is 55.9. The Morgan fingerprint density at radius 2 is 0.574 bits per heavy atom. The van der Waals surface area contributed by atoms with Crippen LogP contribution in [0, 0.1) is 0 Å². The molecule has 0 aromatic rings. The van der Waals surface area contributed by atoms with Crippen LogP contribution in [0.4, 0.5) is 0 Å². The first-order chi connectivity index (χ1) is 33.5. The monoisotopic (exact) mass is 945 g/mol. The summed E-state index contributed by atoms with van der Waals surface area (Å²) in [5.41, 5.74) is 0. The summed E-state index contributed by atoms with van der Waals surface area (Å²) in [4.78, 5) is 37.8. The summed E-state index contributed by atoms with van der Waals surface area (Å²) in [5.74, 6) is -0.907. The molecule has 6 nitrogen and oxygen atoms in total.